The Morgan fingerprint density at radius 1 is 1.39 bits per heavy atom. The fraction of sp³-hybridized carbons (Fsp3) is 0.588. The maximum absolute atomic E-state index is 12.1. The fourth-order valence-corrected chi connectivity index (χ4v) is 4.35. The van der Waals surface area contributed by atoms with Crippen molar-refractivity contribution in [3.63, 3.8) is 0 Å². The molecule has 0 unspecified atom stereocenters. The molecule has 2 rings (SSSR count). The van der Waals surface area contributed by atoms with E-state index < -0.39 is 9.84 Å². The molecule has 1 aromatic rings. The molecule has 0 saturated carbocycles. The monoisotopic (exact) mass is 338 g/mol. The number of carbonyl (C=O) groups is 1. The number of rotatable bonds is 6. The Morgan fingerprint density at radius 2 is 2.17 bits per heavy atom. The van der Waals surface area contributed by atoms with E-state index in [1.54, 1.807) is 6.07 Å². The number of carbonyl (C=O) groups excluding carboxylic acids is 1. The third-order valence-corrected chi connectivity index (χ3v) is 6.06. The highest BCUT2D eigenvalue weighted by molar-refractivity contribution is 7.91. The van der Waals surface area contributed by atoms with Gasteiger partial charge in [-0.2, -0.15) is 0 Å². The quantitative estimate of drug-likeness (QED) is 0.830. The SMILES string of the molecule is CC[C@H](C)NC(=O)c1cccc(CN[C@@H]2CCCS(=O)(=O)C2)c1. The van der Waals surface area contributed by atoms with E-state index in [1.165, 1.54) is 0 Å². The number of sulfone groups is 1. The summed E-state index contributed by atoms with van der Waals surface area (Å²) in [5.41, 5.74) is 1.63. The van der Waals surface area contributed by atoms with E-state index in [9.17, 15) is 13.2 Å². The molecule has 1 aliphatic heterocycles. The Hall–Kier alpha value is -1.40. The summed E-state index contributed by atoms with van der Waals surface area (Å²) < 4.78 is 23.3. The van der Waals surface area contributed by atoms with Gasteiger partial charge in [-0.25, -0.2) is 8.42 Å². The van der Waals surface area contributed by atoms with Crippen molar-refractivity contribution in [3.05, 3.63) is 35.4 Å². The molecule has 1 aliphatic rings. The van der Waals surface area contributed by atoms with Gasteiger partial charge < -0.3 is 10.6 Å². The molecule has 1 aromatic carbocycles. The van der Waals surface area contributed by atoms with Crippen molar-refractivity contribution in [1.82, 2.24) is 10.6 Å². The standard InChI is InChI=1S/C17H26N2O3S/c1-3-13(2)19-17(20)15-7-4-6-14(10-15)11-18-16-8-5-9-23(21,22)12-16/h4,6-7,10,13,16,18H,3,5,8-9,11-12H2,1-2H3,(H,19,20)/t13-,16+/m0/s1. The Morgan fingerprint density at radius 3 is 2.87 bits per heavy atom. The molecule has 0 aromatic heterocycles. The number of benzene rings is 1. The molecule has 5 nitrogen and oxygen atoms in total. The van der Waals surface area contributed by atoms with Crippen molar-refractivity contribution in [3.8, 4) is 0 Å². The summed E-state index contributed by atoms with van der Waals surface area (Å²) in [6, 6.07) is 7.63. The van der Waals surface area contributed by atoms with E-state index >= 15 is 0 Å². The maximum Gasteiger partial charge on any atom is 0.251 e. The van der Waals surface area contributed by atoms with Crippen LogP contribution >= 0.6 is 0 Å². The predicted octanol–water partition coefficient (Wildman–Crippen LogP) is 1.88. The van der Waals surface area contributed by atoms with Gasteiger partial charge in [0.25, 0.3) is 5.91 Å². The van der Waals surface area contributed by atoms with Gasteiger partial charge in [0.2, 0.25) is 0 Å². The van der Waals surface area contributed by atoms with Crippen LogP contribution in [0.2, 0.25) is 0 Å². The van der Waals surface area contributed by atoms with Gasteiger partial charge >= 0.3 is 0 Å². The summed E-state index contributed by atoms with van der Waals surface area (Å²) in [7, 11) is -2.90. The first-order valence-electron chi connectivity index (χ1n) is 8.23. The lowest BCUT2D eigenvalue weighted by Crippen LogP contribution is -2.39. The molecular weight excluding hydrogens is 312 g/mol. The van der Waals surface area contributed by atoms with Crippen LogP contribution in [0.25, 0.3) is 0 Å². The van der Waals surface area contributed by atoms with Crippen molar-refractivity contribution < 1.29 is 13.2 Å². The van der Waals surface area contributed by atoms with E-state index in [1.807, 2.05) is 32.0 Å². The topological polar surface area (TPSA) is 75.3 Å². The molecular formula is C17H26N2O3S. The van der Waals surface area contributed by atoms with Crippen LogP contribution in [-0.4, -0.2) is 37.9 Å². The highest BCUT2D eigenvalue weighted by Crippen LogP contribution is 2.13. The van der Waals surface area contributed by atoms with Crippen LogP contribution in [0, 0.1) is 0 Å². The van der Waals surface area contributed by atoms with Gasteiger partial charge in [-0.3, -0.25) is 4.79 Å². The van der Waals surface area contributed by atoms with E-state index in [4.69, 9.17) is 0 Å². The van der Waals surface area contributed by atoms with Crippen LogP contribution in [0.15, 0.2) is 24.3 Å². The normalized spacial score (nSPS) is 21.6. The van der Waals surface area contributed by atoms with E-state index in [0.717, 1.165) is 24.8 Å². The van der Waals surface area contributed by atoms with Gasteiger partial charge in [-0.1, -0.05) is 19.1 Å². The van der Waals surface area contributed by atoms with Gasteiger partial charge in [0.15, 0.2) is 9.84 Å². The summed E-state index contributed by atoms with van der Waals surface area (Å²) in [4.78, 5) is 12.1. The summed E-state index contributed by atoms with van der Waals surface area (Å²) in [5.74, 6) is 0.443. The third-order valence-electron chi connectivity index (χ3n) is 4.24. The van der Waals surface area contributed by atoms with Gasteiger partial charge in [-0.05, 0) is 43.9 Å². The second-order valence-electron chi connectivity index (χ2n) is 6.32. The van der Waals surface area contributed by atoms with Gasteiger partial charge in [-0.15, -0.1) is 0 Å². The summed E-state index contributed by atoms with van der Waals surface area (Å²) in [5, 5.41) is 6.25. The molecule has 1 amide bonds. The Bertz CT molecular complexity index is 643. The van der Waals surface area contributed by atoms with Crippen LogP contribution < -0.4 is 10.6 Å². The Balaban J connectivity index is 1.93. The first-order valence-corrected chi connectivity index (χ1v) is 10.1. The minimum Gasteiger partial charge on any atom is -0.350 e. The zero-order valence-corrected chi connectivity index (χ0v) is 14.7. The number of hydrogen-bond donors (Lipinski definition) is 2. The molecule has 0 radical (unpaired) electrons. The van der Waals surface area contributed by atoms with E-state index in [2.05, 4.69) is 10.6 Å². The number of amides is 1. The zero-order valence-electron chi connectivity index (χ0n) is 13.8. The Labute approximate surface area is 138 Å². The zero-order chi connectivity index (χ0) is 16.9. The predicted molar refractivity (Wildman–Crippen MR) is 92.2 cm³/mol. The molecule has 6 heteroatoms. The highest BCUT2D eigenvalue weighted by atomic mass is 32.2. The molecule has 1 saturated heterocycles. The van der Waals surface area contributed by atoms with Crippen molar-refractivity contribution in [2.45, 2.75) is 51.7 Å². The molecule has 1 fully saturated rings. The van der Waals surface area contributed by atoms with Gasteiger partial charge in [0.05, 0.1) is 11.5 Å². The van der Waals surface area contributed by atoms with Crippen LogP contribution in [0.3, 0.4) is 0 Å². The first kappa shape index (κ1) is 17.9. The summed E-state index contributed by atoms with van der Waals surface area (Å²) >= 11 is 0. The molecule has 1 heterocycles. The number of hydrogen-bond acceptors (Lipinski definition) is 4. The van der Waals surface area contributed by atoms with Crippen LogP contribution in [-0.2, 0) is 16.4 Å². The molecule has 0 spiro atoms. The summed E-state index contributed by atoms with van der Waals surface area (Å²) in [6.45, 7) is 4.58. The van der Waals surface area contributed by atoms with Gasteiger partial charge in [0, 0.05) is 24.2 Å². The fourth-order valence-electron chi connectivity index (χ4n) is 2.68. The second-order valence-corrected chi connectivity index (χ2v) is 8.55. The third kappa shape index (κ3) is 5.62. The van der Waals surface area contributed by atoms with Crippen molar-refractivity contribution >= 4 is 15.7 Å². The molecule has 128 valence electrons. The largest absolute Gasteiger partial charge is 0.350 e. The minimum atomic E-state index is -2.90. The maximum atomic E-state index is 12.1. The first-order chi connectivity index (χ1) is 10.9. The lowest BCUT2D eigenvalue weighted by molar-refractivity contribution is 0.0939. The lowest BCUT2D eigenvalue weighted by atomic mass is 10.1. The van der Waals surface area contributed by atoms with Gasteiger partial charge in [0.1, 0.15) is 0 Å². The minimum absolute atomic E-state index is 0.00588. The average molecular weight is 338 g/mol. The highest BCUT2D eigenvalue weighted by Gasteiger charge is 2.24. The summed E-state index contributed by atoms with van der Waals surface area (Å²) in [6.07, 6.45) is 2.49. The Kier molecular flexibility index (Phi) is 6.18. The average Bonchev–Trinajstić information content (AvgIpc) is 2.52. The molecule has 23 heavy (non-hydrogen) atoms. The molecule has 2 N–H and O–H groups in total. The molecule has 2 atom stereocenters. The number of nitrogens with one attached hydrogen (secondary N) is 2. The lowest BCUT2D eigenvalue weighted by Gasteiger charge is -2.23. The van der Waals surface area contributed by atoms with E-state index in [0.29, 0.717) is 17.9 Å². The van der Waals surface area contributed by atoms with Crippen LogP contribution in [0.1, 0.15) is 49.0 Å². The van der Waals surface area contributed by atoms with E-state index in [-0.39, 0.29) is 23.7 Å². The van der Waals surface area contributed by atoms with Crippen molar-refractivity contribution in [1.29, 1.82) is 0 Å². The van der Waals surface area contributed by atoms with Crippen molar-refractivity contribution in [2.75, 3.05) is 11.5 Å². The van der Waals surface area contributed by atoms with Crippen molar-refractivity contribution in [2.24, 2.45) is 0 Å². The smallest absolute Gasteiger partial charge is 0.251 e. The van der Waals surface area contributed by atoms with Crippen LogP contribution in [0.4, 0.5) is 0 Å². The molecule has 0 aliphatic carbocycles. The van der Waals surface area contributed by atoms with Crippen LogP contribution in [0.5, 0.6) is 0 Å². The molecule has 0 bridgehead atoms. The second kappa shape index (κ2) is 7.93.